The summed E-state index contributed by atoms with van der Waals surface area (Å²) >= 11 is 0. The van der Waals surface area contributed by atoms with E-state index >= 15 is 0 Å². The van der Waals surface area contributed by atoms with Gasteiger partial charge in [-0.3, -0.25) is 0 Å². The van der Waals surface area contributed by atoms with Crippen LogP contribution in [-0.2, 0) is 4.74 Å². The third-order valence-corrected chi connectivity index (χ3v) is 3.09. The minimum absolute atomic E-state index is 0.646. The maximum absolute atomic E-state index is 5.16. The molecule has 0 aliphatic heterocycles. The predicted molar refractivity (Wildman–Crippen MR) is 75.5 cm³/mol. The molecule has 0 aliphatic carbocycles. The molecule has 3 heteroatoms. The Morgan fingerprint density at radius 2 is 1.82 bits per heavy atom. The number of hydrogen-bond acceptors (Lipinski definition) is 3. The first-order valence-electron chi connectivity index (χ1n) is 6.98. The SMILES string of the molecule is CNC(C)CCCCN(CCOC)CC(C)C. The lowest BCUT2D eigenvalue weighted by Gasteiger charge is -2.24. The standard InChI is InChI=1S/C14H32N2O/c1-13(2)12-16(10-11-17-5)9-7-6-8-14(3)15-4/h13-15H,6-12H2,1-5H3. The molecular weight excluding hydrogens is 212 g/mol. The average molecular weight is 244 g/mol. The Bertz CT molecular complexity index is 162. The second kappa shape index (κ2) is 11.0. The molecule has 1 N–H and O–H groups in total. The molecule has 3 nitrogen and oxygen atoms in total. The van der Waals surface area contributed by atoms with E-state index in [2.05, 4.69) is 31.0 Å². The molecule has 0 heterocycles. The Kier molecular flexibility index (Phi) is 10.9. The van der Waals surface area contributed by atoms with Crippen molar-refractivity contribution < 1.29 is 4.74 Å². The monoisotopic (exact) mass is 244 g/mol. The zero-order valence-electron chi connectivity index (χ0n) is 12.5. The maximum atomic E-state index is 5.16. The summed E-state index contributed by atoms with van der Waals surface area (Å²) in [6, 6.07) is 0.646. The van der Waals surface area contributed by atoms with E-state index in [0.717, 1.165) is 19.1 Å². The molecule has 0 radical (unpaired) electrons. The van der Waals surface area contributed by atoms with Gasteiger partial charge in [0.05, 0.1) is 6.61 Å². The first kappa shape index (κ1) is 16.9. The van der Waals surface area contributed by atoms with E-state index in [4.69, 9.17) is 4.74 Å². The quantitative estimate of drug-likeness (QED) is 0.565. The highest BCUT2D eigenvalue weighted by molar-refractivity contribution is 4.62. The van der Waals surface area contributed by atoms with Crippen molar-refractivity contribution in [1.29, 1.82) is 0 Å². The van der Waals surface area contributed by atoms with Gasteiger partial charge in [-0.2, -0.15) is 0 Å². The molecule has 0 bridgehead atoms. The van der Waals surface area contributed by atoms with Crippen molar-refractivity contribution in [1.82, 2.24) is 10.2 Å². The van der Waals surface area contributed by atoms with Crippen LogP contribution in [0.15, 0.2) is 0 Å². The van der Waals surface area contributed by atoms with Crippen molar-refractivity contribution in [2.45, 2.75) is 46.1 Å². The van der Waals surface area contributed by atoms with Crippen molar-refractivity contribution in [3.8, 4) is 0 Å². The maximum Gasteiger partial charge on any atom is 0.0589 e. The van der Waals surface area contributed by atoms with Crippen molar-refractivity contribution in [3.05, 3.63) is 0 Å². The Morgan fingerprint density at radius 1 is 1.12 bits per heavy atom. The second-order valence-corrected chi connectivity index (χ2v) is 5.37. The summed E-state index contributed by atoms with van der Waals surface area (Å²) in [6.07, 6.45) is 3.88. The van der Waals surface area contributed by atoms with E-state index < -0.39 is 0 Å². The van der Waals surface area contributed by atoms with E-state index in [-0.39, 0.29) is 0 Å². The molecular formula is C14H32N2O. The molecule has 0 aliphatic rings. The number of ether oxygens (including phenoxy) is 1. The summed E-state index contributed by atoms with van der Waals surface area (Å²) in [5.74, 6) is 0.739. The predicted octanol–water partition coefficient (Wildman–Crippen LogP) is 2.37. The van der Waals surface area contributed by atoms with Crippen molar-refractivity contribution in [3.63, 3.8) is 0 Å². The van der Waals surface area contributed by atoms with Crippen LogP contribution in [0.3, 0.4) is 0 Å². The molecule has 1 atom stereocenters. The van der Waals surface area contributed by atoms with Crippen molar-refractivity contribution in [2.24, 2.45) is 5.92 Å². The first-order chi connectivity index (χ1) is 8.10. The highest BCUT2D eigenvalue weighted by Gasteiger charge is 2.07. The lowest BCUT2D eigenvalue weighted by atomic mass is 10.1. The summed E-state index contributed by atoms with van der Waals surface area (Å²) in [7, 11) is 3.82. The fraction of sp³-hybridized carbons (Fsp3) is 1.00. The van der Waals surface area contributed by atoms with E-state index in [1.165, 1.54) is 32.4 Å². The van der Waals surface area contributed by atoms with Gasteiger partial charge in [0.25, 0.3) is 0 Å². The molecule has 0 rings (SSSR count). The molecule has 0 amide bonds. The third-order valence-electron chi connectivity index (χ3n) is 3.09. The van der Waals surface area contributed by atoms with Crippen LogP contribution in [0.5, 0.6) is 0 Å². The second-order valence-electron chi connectivity index (χ2n) is 5.37. The number of unbranched alkanes of at least 4 members (excludes halogenated alkanes) is 1. The van der Waals surface area contributed by atoms with Gasteiger partial charge in [0.2, 0.25) is 0 Å². The topological polar surface area (TPSA) is 24.5 Å². The van der Waals surface area contributed by atoms with Gasteiger partial charge in [-0.15, -0.1) is 0 Å². The highest BCUT2D eigenvalue weighted by Crippen LogP contribution is 2.04. The van der Waals surface area contributed by atoms with Crippen molar-refractivity contribution >= 4 is 0 Å². The van der Waals surface area contributed by atoms with Crippen LogP contribution in [0.2, 0.25) is 0 Å². The van der Waals surface area contributed by atoms with Crippen LogP contribution in [0.4, 0.5) is 0 Å². The molecule has 0 spiro atoms. The fourth-order valence-corrected chi connectivity index (χ4v) is 1.96. The zero-order chi connectivity index (χ0) is 13.1. The molecule has 104 valence electrons. The van der Waals surface area contributed by atoms with Crippen LogP contribution in [0.1, 0.15) is 40.0 Å². The average Bonchev–Trinajstić information content (AvgIpc) is 2.30. The summed E-state index contributed by atoms with van der Waals surface area (Å²) in [4.78, 5) is 2.53. The van der Waals surface area contributed by atoms with Gasteiger partial charge < -0.3 is 15.0 Å². The lowest BCUT2D eigenvalue weighted by Crippen LogP contribution is -2.32. The zero-order valence-corrected chi connectivity index (χ0v) is 12.5. The normalized spacial score (nSPS) is 13.6. The largest absolute Gasteiger partial charge is 0.383 e. The van der Waals surface area contributed by atoms with Crippen LogP contribution in [-0.4, -0.2) is 51.3 Å². The number of methoxy groups -OCH3 is 1. The number of rotatable bonds is 11. The highest BCUT2D eigenvalue weighted by atomic mass is 16.5. The molecule has 0 fully saturated rings. The number of nitrogens with one attached hydrogen (secondary N) is 1. The van der Waals surface area contributed by atoms with Crippen LogP contribution < -0.4 is 5.32 Å². The summed E-state index contributed by atoms with van der Waals surface area (Å²) in [5.41, 5.74) is 0. The molecule has 0 saturated carbocycles. The number of hydrogen-bond donors (Lipinski definition) is 1. The van der Waals surface area contributed by atoms with Gasteiger partial charge in [0, 0.05) is 26.2 Å². The third kappa shape index (κ3) is 10.7. The van der Waals surface area contributed by atoms with Crippen LogP contribution >= 0.6 is 0 Å². The summed E-state index contributed by atoms with van der Waals surface area (Å²) < 4.78 is 5.16. The smallest absolute Gasteiger partial charge is 0.0589 e. The molecule has 17 heavy (non-hydrogen) atoms. The van der Waals surface area contributed by atoms with Crippen LogP contribution in [0, 0.1) is 5.92 Å². The first-order valence-corrected chi connectivity index (χ1v) is 6.98. The van der Waals surface area contributed by atoms with E-state index in [1.807, 2.05) is 7.05 Å². The van der Waals surface area contributed by atoms with E-state index in [1.54, 1.807) is 7.11 Å². The lowest BCUT2D eigenvalue weighted by molar-refractivity contribution is 0.138. The van der Waals surface area contributed by atoms with Crippen LogP contribution in [0.25, 0.3) is 0 Å². The van der Waals surface area contributed by atoms with Gasteiger partial charge in [-0.25, -0.2) is 0 Å². The van der Waals surface area contributed by atoms with Gasteiger partial charge in [-0.1, -0.05) is 20.3 Å². The molecule has 0 aromatic heterocycles. The van der Waals surface area contributed by atoms with Crippen molar-refractivity contribution in [2.75, 3.05) is 40.4 Å². The minimum Gasteiger partial charge on any atom is -0.383 e. The number of nitrogens with zero attached hydrogens (tertiary/aromatic N) is 1. The molecule has 0 aromatic rings. The fourth-order valence-electron chi connectivity index (χ4n) is 1.96. The van der Waals surface area contributed by atoms with E-state index in [0.29, 0.717) is 6.04 Å². The van der Waals surface area contributed by atoms with Gasteiger partial charge >= 0.3 is 0 Å². The Hall–Kier alpha value is -0.120. The van der Waals surface area contributed by atoms with E-state index in [9.17, 15) is 0 Å². The molecule has 1 unspecified atom stereocenters. The van der Waals surface area contributed by atoms with Gasteiger partial charge in [-0.05, 0) is 39.3 Å². The molecule has 0 aromatic carbocycles. The summed E-state index contributed by atoms with van der Waals surface area (Å²) in [6.45, 7) is 11.1. The van der Waals surface area contributed by atoms with Gasteiger partial charge in [0.15, 0.2) is 0 Å². The molecule has 0 saturated heterocycles. The Morgan fingerprint density at radius 3 is 2.35 bits per heavy atom. The summed E-state index contributed by atoms with van der Waals surface area (Å²) in [5, 5.41) is 3.29. The Labute approximate surface area is 108 Å². The van der Waals surface area contributed by atoms with Gasteiger partial charge in [0.1, 0.15) is 0 Å². The minimum atomic E-state index is 0.646. The Balaban J connectivity index is 3.67.